The Bertz CT molecular complexity index is 675. The first kappa shape index (κ1) is 29.3. The molecule has 4 aliphatic carbocycles. The summed E-state index contributed by atoms with van der Waals surface area (Å²) in [5.41, 5.74) is 0. The van der Waals surface area contributed by atoms with Crippen molar-refractivity contribution in [3.05, 3.63) is 180 Å². The van der Waals surface area contributed by atoms with Crippen LogP contribution in [0.1, 0.15) is 10.6 Å². The molecule has 1 aromatic heterocycles. The molecular weight excluding hydrogens is 503 g/mol. The van der Waals surface area contributed by atoms with E-state index in [1.807, 2.05) is 64.2 Å². The maximum atomic E-state index is 2.30. The molecule has 1 heterocycles. The number of rotatable bonds is 3. The summed E-state index contributed by atoms with van der Waals surface area (Å²) in [5.74, 6) is 2.70. The van der Waals surface area contributed by atoms with Gasteiger partial charge in [0.15, 0.2) is 0 Å². The molecule has 0 spiro atoms. The Kier molecular flexibility index (Phi) is 14.8. The number of hydrogen-bond donors (Lipinski definition) is 0. The van der Waals surface area contributed by atoms with Crippen LogP contribution in [0.15, 0.2) is 42.5 Å². The van der Waals surface area contributed by atoms with E-state index in [-0.39, 0.29) is 34.1 Å². The van der Waals surface area contributed by atoms with Gasteiger partial charge >= 0.3 is 0 Å². The third-order valence-electron chi connectivity index (χ3n) is 4.92. The summed E-state index contributed by atoms with van der Waals surface area (Å²) in [6, 6.07) is 15.5. The van der Waals surface area contributed by atoms with Crippen molar-refractivity contribution in [2.45, 2.75) is 0 Å². The first-order chi connectivity index (χ1) is 15.4. The van der Waals surface area contributed by atoms with Crippen LogP contribution in [-0.2, 0) is 34.1 Å². The van der Waals surface area contributed by atoms with E-state index in [0.29, 0.717) is 0 Å². The Hall–Kier alpha value is 0.0390. The third kappa shape index (κ3) is 8.89. The summed E-state index contributed by atoms with van der Waals surface area (Å²) in [5, 5.41) is 4.33. The predicted octanol–water partition coefficient (Wildman–Crippen LogP) is 7.21. The van der Waals surface area contributed by atoms with Crippen LogP contribution in [-0.4, -0.2) is 0 Å². The minimum atomic E-state index is -0.446. The van der Waals surface area contributed by atoms with Crippen molar-refractivity contribution in [1.29, 1.82) is 0 Å². The number of benzene rings is 1. The molecule has 2 aromatic rings. The van der Waals surface area contributed by atoms with Crippen LogP contribution in [0.3, 0.4) is 0 Å². The molecule has 0 aliphatic heterocycles. The monoisotopic (exact) mass is 528 g/mol. The molecule has 4 fully saturated rings. The van der Waals surface area contributed by atoms with Crippen molar-refractivity contribution in [3.8, 4) is 5.30 Å². The molecule has 166 valence electrons. The second kappa shape index (κ2) is 16.7. The maximum Gasteiger partial charge on any atom is 0.0168 e. The van der Waals surface area contributed by atoms with Gasteiger partial charge in [0.25, 0.3) is 0 Å². The molecule has 33 heavy (non-hydrogen) atoms. The fourth-order valence-electron chi connectivity index (χ4n) is 3.47. The second-order valence-corrected chi connectivity index (χ2v) is 9.20. The molecule has 4 aliphatic rings. The molecule has 0 unspecified atom stereocenters. The minimum Gasteiger partial charge on any atom is -0.0856 e. The zero-order chi connectivity index (χ0) is 21.1. The van der Waals surface area contributed by atoms with Gasteiger partial charge < -0.3 is 0 Å². The van der Waals surface area contributed by atoms with Gasteiger partial charge in [0.1, 0.15) is 0 Å². The van der Waals surface area contributed by atoms with Crippen LogP contribution in [0.5, 0.6) is 0 Å². The Morgan fingerprint density at radius 2 is 0.697 bits per heavy atom. The quantitative estimate of drug-likeness (QED) is 0.370. The summed E-state index contributed by atoms with van der Waals surface area (Å²) in [7, 11) is -0.446. The van der Waals surface area contributed by atoms with E-state index in [4.69, 9.17) is 0 Å². The fraction of sp³-hybridized carbons (Fsp3) is 0. The molecule has 3 heteroatoms. The summed E-state index contributed by atoms with van der Waals surface area (Å²) in [6.07, 6.45) is 37.3. The molecule has 0 amide bonds. The van der Waals surface area contributed by atoms with Crippen molar-refractivity contribution in [3.63, 3.8) is 0 Å². The predicted molar refractivity (Wildman–Crippen MR) is 133 cm³/mol. The van der Waals surface area contributed by atoms with E-state index >= 15 is 0 Å². The van der Waals surface area contributed by atoms with E-state index in [1.54, 1.807) is 0 Å². The molecular formula is C30H25Fe2P. The minimum absolute atomic E-state index is 0. The smallest absolute Gasteiger partial charge is 0.0168 e. The van der Waals surface area contributed by atoms with Gasteiger partial charge in [0, 0.05) is 46.0 Å². The standard InChI is InChI=1S/C20H15P.2C5H5.2Fe/c1-2-12-18(13-3-1)21-19(16-8-4-5-9-16)14-15-20(21)17-10-6-7-11-17;2*1-2-4-5-3-1;;/h1-15H;2*1-5H;;. The van der Waals surface area contributed by atoms with Crippen LogP contribution in [0.4, 0.5) is 0 Å². The zero-order valence-electron chi connectivity index (χ0n) is 18.1. The summed E-state index contributed by atoms with van der Waals surface area (Å²) >= 11 is 0. The van der Waals surface area contributed by atoms with Crippen molar-refractivity contribution < 1.29 is 34.1 Å². The molecule has 4 saturated carbocycles. The largest absolute Gasteiger partial charge is 0.0856 e. The van der Waals surface area contributed by atoms with E-state index in [9.17, 15) is 0 Å². The Morgan fingerprint density at radius 1 is 0.364 bits per heavy atom. The first-order valence-corrected chi connectivity index (χ1v) is 11.8. The molecule has 0 bridgehead atoms. The molecule has 0 nitrogen and oxygen atoms in total. The van der Waals surface area contributed by atoms with Crippen molar-refractivity contribution >= 4 is 7.53 Å². The van der Waals surface area contributed by atoms with Gasteiger partial charge in [-0.25, -0.2) is 0 Å². The van der Waals surface area contributed by atoms with E-state index in [0.717, 1.165) is 0 Å². The van der Waals surface area contributed by atoms with Gasteiger partial charge in [-0.05, 0) is 131 Å². The molecule has 1 aromatic carbocycles. The average molecular weight is 528 g/mol. The van der Waals surface area contributed by atoms with Gasteiger partial charge in [0.2, 0.25) is 0 Å². The van der Waals surface area contributed by atoms with Gasteiger partial charge in [-0.15, -0.1) is 0 Å². The molecule has 6 rings (SSSR count). The zero-order valence-corrected chi connectivity index (χ0v) is 21.2. The summed E-state index contributed by atoms with van der Waals surface area (Å²) < 4.78 is 0. The summed E-state index contributed by atoms with van der Waals surface area (Å²) in [6.45, 7) is 0. The van der Waals surface area contributed by atoms with Crippen LogP contribution in [0.2, 0.25) is 0 Å². The molecule has 0 atom stereocenters. The van der Waals surface area contributed by atoms with Crippen LogP contribution < -0.4 is 0 Å². The number of hydrogen-bond acceptors (Lipinski definition) is 0. The van der Waals surface area contributed by atoms with Crippen molar-refractivity contribution in [2.75, 3.05) is 0 Å². The van der Waals surface area contributed by atoms with Gasteiger partial charge in [-0.3, -0.25) is 0 Å². The van der Waals surface area contributed by atoms with Gasteiger partial charge in [0.05, 0.1) is 0 Å². The van der Waals surface area contributed by atoms with Gasteiger partial charge in [-0.1, -0.05) is 50.0 Å². The fourth-order valence-corrected chi connectivity index (χ4v) is 6.02. The Morgan fingerprint density at radius 3 is 1.03 bits per heavy atom. The van der Waals surface area contributed by atoms with E-state index in [2.05, 4.69) is 93.8 Å². The first-order valence-electron chi connectivity index (χ1n) is 10.5. The van der Waals surface area contributed by atoms with Crippen molar-refractivity contribution in [2.24, 2.45) is 0 Å². The maximum absolute atomic E-state index is 2.30. The SMILES string of the molecule is [CH]1[CH][CH][CH][CH]1.[CH]1[CH][CH][CH][CH]1.[CH]1[CH][CH][C](c2ccc([C]3[CH][CH][CH][CH]3)p2-c2ccccc2)[CH]1.[Fe].[Fe]. The average Bonchev–Trinajstić information content (AvgIpc) is 3.67. The molecule has 0 N–H and O–H groups in total. The second-order valence-electron chi connectivity index (χ2n) is 7.05. The van der Waals surface area contributed by atoms with Gasteiger partial charge in [-0.2, -0.15) is 0 Å². The topological polar surface area (TPSA) is 0 Å². The Balaban J connectivity index is 0.000000267. The van der Waals surface area contributed by atoms with E-state index in [1.165, 1.54) is 27.7 Å². The Labute approximate surface area is 226 Å². The summed E-state index contributed by atoms with van der Waals surface area (Å²) in [4.78, 5) is 0. The van der Waals surface area contributed by atoms with Crippen molar-refractivity contribution in [1.82, 2.24) is 0 Å². The van der Waals surface area contributed by atoms with E-state index < -0.39 is 7.53 Å². The molecule has 0 saturated heterocycles. The molecule has 20 radical (unpaired) electrons. The van der Waals surface area contributed by atoms with Crippen LogP contribution in [0.25, 0.3) is 5.30 Å². The third-order valence-corrected chi connectivity index (χ3v) is 7.52. The van der Waals surface area contributed by atoms with Crippen LogP contribution >= 0.6 is 7.53 Å². The van der Waals surface area contributed by atoms with Crippen LogP contribution in [0, 0.1) is 127 Å². The normalized spacial score (nSPS) is 20.2.